The Morgan fingerprint density at radius 3 is 2.36 bits per heavy atom. The topological polar surface area (TPSA) is 59.0 Å². The third-order valence-electron chi connectivity index (χ3n) is 4.92. The van der Waals surface area contributed by atoms with Gasteiger partial charge in [0.15, 0.2) is 0 Å². The summed E-state index contributed by atoms with van der Waals surface area (Å²) in [6.07, 6.45) is 7.85. The normalized spacial score (nSPS) is 23.7. The fourth-order valence-electron chi connectivity index (χ4n) is 3.60. The number of nitrogens with zero attached hydrogens (tertiary/aromatic N) is 1. The maximum atomic E-state index is 12.5. The lowest BCUT2D eigenvalue weighted by Gasteiger charge is -2.30. The fourth-order valence-corrected chi connectivity index (χ4v) is 3.73. The highest BCUT2D eigenvalue weighted by molar-refractivity contribution is 6.30. The quantitative estimate of drug-likeness (QED) is 0.775. The number of aliphatic hydroxyl groups excluding tert-OH is 1. The van der Waals surface area contributed by atoms with Gasteiger partial charge >= 0.3 is 6.09 Å². The molecular formula is C22H20ClNO4. The van der Waals surface area contributed by atoms with Gasteiger partial charge in [0, 0.05) is 16.6 Å². The van der Waals surface area contributed by atoms with E-state index in [1.54, 1.807) is 41.3 Å². The number of hydrogen-bond donors (Lipinski definition) is 1. The molecule has 1 aliphatic heterocycles. The molecule has 28 heavy (non-hydrogen) atoms. The van der Waals surface area contributed by atoms with E-state index >= 15 is 0 Å². The lowest BCUT2D eigenvalue weighted by atomic mass is 9.88. The maximum Gasteiger partial charge on any atom is 0.415 e. The Bertz CT molecular complexity index is 892. The molecule has 2 aromatic carbocycles. The van der Waals surface area contributed by atoms with Crippen molar-refractivity contribution in [3.63, 3.8) is 0 Å². The summed E-state index contributed by atoms with van der Waals surface area (Å²) in [5, 5.41) is 10.3. The van der Waals surface area contributed by atoms with Crippen LogP contribution in [0.1, 0.15) is 6.42 Å². The number of amides is 1. The molecule has 1 N–H and O–H groups in total. The highest BCUT2D eigenvalue weighted by Gasteiger charge is 2.45. The van der Waals surface area contributed by atoms with Gasteiger partial charge in [0.1, 0.15) is 17.6 Å². The summed E-state index contributed by atoms with van der Waals surface area (Å²) in [7, 11) is 0. The summed E-state index contributed by atoms with van der Waals surface area (Å²) >= 11 is 5.89. The Morgan fingerprint density at radius 2 is 1.75 bits per heavy atom. The molecule has 1 aliphatic carbocycles. The van der Waals surface area contributed by atoms with E-state index in [-0.39, 0.29) is 18.6 Å². The molecule has 1 saturated heterocycles. The lowest BCUT2D eigenvalue weighted by molar-refractivity contribution is 0.0767. The molecule has 0 saturated carbocycles. The van der Waals surface area contributed by atoms with Crippen LogP contribution in [0.4, 0.5) is 10.5 Å². The number of halogens is 1. The standard InChI is InChI=1S/C22H20ClNO4/c23-16-6-10-18(11-7-16)27-19-12-8-17(9-13-19)24-21(15-4-2-1-3-5-15)20(14-25)28-22(24)26/h1-4,6-13,15,20-21,25H,5,14H2/t15?,20-,21-/m0/s1. The highest BCUT2D eigenvalue weighted by atomic mass is 35.5. The first-order valence-electron chi connectivity index (χ1n) is 9.13. The van der Waals surface area contributed by atoms with Gasteiger partial charge in [-0.15, -0.1) is 0 Å². The largest absolute Gasteiger partial charge is 0.457 e. The second-order valence-corrected chi connectivity index (χ2v) is 7.16. The van der Waals surface area contributed by atoms with Crippen molar-refractivity contribution >= 4 is 23.4 Å². The van der Waals surface area contributed by atoms with Crippen molar-refractivity contribution in [3.05, 3.63) is 77.9 Å². The van der Waals surface area contributed by atoms with Gasteiger partial charge in [0.2, 0.25) is 0 Å². The van der Waals surface area contributed by atoms with Crippen molar-refractivity contribution in [2.45, 2.75) is 18.6 Å². The second kappa shape index (κ2) is 8.09. The Morgan fingerprint density at radius 1 is 1.07 bits per heavy atom. The van der Waals surface area contributed by atoms with Crippen LogP contribution < -0.4 is 9.64 Å². The molecule has 0 spiro atoms. The number of aliphatic hydroxyl groups is 1. The maximum absolute atomic E-state index is 12.5. The highest BCUT2D eigenvalue weighted by Crippen LogP contribution is 2.35. The van der Waals surface area contributed by atoms with Crippen molar-refractivity contribution in [2.75, 3.05) is 11.5 Å². The minimum Gasteiger partial charge on any atom is -0.457 e. The Labute approximate surface area is 168 Å². The molecule has 0 aromatic heterocycles. The van der Waals surface area contributed by atoms with Crippen molar-refractivity contribution < 1.29 is 19.4 Å². The molecule has 1 amide bonds. The molecule has 1 fully saturated rings. The van der Waals surface area contributed by atoms with E-state index in [1.807, 2.05) is 24.3 Å². The lowest BCUT2D eigenvalue weighted by Crippen LogP contribution is -2.43. The molecule has 2 aromatic rings. The Balaban J connectivity index is 1.55. The van der Waals surface area contributed by atoms with Crippen molar-refractivity contribution in [1.82, 2.24) is 0 Å². The van der Waals surface area contributed by atoms with Crippen LogP contribution in [-0.4, -0.2) is 30.0 Å². The number of hydrogen-bond acceptors (Lipinski definition) is 4. The molecule has 6 heteroatoms. The van der Waals surface area contributed by atoms with Crippen LogP contribution >= 0.6 is 11.6 Å². The van der Waals surface area contributed by atoms with Gasteiger partial charge in [-0.05, 0) is 55.0 Å². The number of rotatable bonds is 5. The summed E-state index contributed by atoms with van der Waals surface area (Å²) < 4.78 is 11.2. The number of anilines is 1. The third-order valence-corrected chi connectivity index (χ3v) is 5.18. The molecular weight excluding hydrogens is 378 g/mol. The monoisotopic (exact) mass is 397 g/mol. The van der Waals surface area contributed by atoms with Crippen LogP contribution in [0.25, 0.3) is 0 Å². The third kappa shape index (κ3) is 3.77. The van der Waals surface area contributed by atoms with E-state index in [0.717, 1.165) is 6.42 Å². The SMILES string of the molecule is O=C1O[C@@H](CO)[C@H](C2C=CC=CC2)N1c1ccc(Oc2ccc(Cl)cc2)cc1. The first-order chi connectivity index (χ1) is 13.7. The summed E-state index contributed by atoms with van der Waals surface area (Å²) in [6.45, 7) is -0.210. The van der Waals surface area contributed by atoms with Gasteiger partial charge in [0.25, 0.3) is 0 Å². The van der Waals surface area contributed by atoms with E-state index in [0.29, 0.717) is 22.2 Å². The van der Waals surface area contributed by atoms with Gasteiger partial charge in [-0.25, -0.2) is 4.79 Å². The predicted molar refractivity (Wildman–Crippen MR) is 108 cm³/mol. The van der Waals surface area contributed by atoms with Crippen LogP contribution in [0.2, 0.25) is 5.02 Å². The zero-order valence-corrected chi connectivity index (χ0v) is 15.8. The number of cyclic esters (lactones) is 1. The molecule has 4 rings (SSSR count). The van der Waals surface area contributed by atoms with Crippen LogP contribution in [0.15, 0.2) is 72.8 Å². The molecule has 144 valence electrons. The van der Waals surface area contributed by atoms with Gasteiger partial charge in [-0.2, -0.15) is 0 Å². The molecule has 2 aliphatic rings. The number of carbonyl (C=O) groups is 1. The molecule has 0 radical (unpaired) electrons. The molecule has 1 heterocycles. The molecule has 3 atom stereocenters. The number of ether oxygens (including phenoxy) is 2. The average Bonchev–Trinajstić information content (AvgIpc) is 3.07. The van der Waals surface area contributed by atoms with E-state index in [2.05, 4.69) is 12.2 Å². The van der Waals surface area contributed by atoms with Crippen molar-refractivity contribution in [2.24, 2.45) is 5.92 Å². The van der Waals surface area contributed by atoms with Gasteiger partial charge in [-0.1, -0.05) is 35.9 Å². The summed E-state index contributed by atoms with van der Waals surface area (Å²) in [4.78, 5) is 14.1. The first-order valence-corrected chi connectivity index (χ1v) is 9.51. The molecule has 1 unspecified atom stereocenters. The first kappa shape index (κ1) is 18.6. The summed E-state index contributed by atoms with van der Waals surface area (Å²) in [5.41, 5.74) is 0.706. The number of carbonyl (C=O) groups excluding carboxylic acids is 1. The van der Waals surface area contributed by atoms with Crippen LogP contribution in [0.5, 0.6) is 11.5 Å². The number of allylic oxidation sites excluding steroid dienone is 3. The fraction of sp³-hybridized carbons (Fsp3) is 0.227. The Kier molecular flexibility index (Phi) is 5.37. The van der Waals surface area contributed by atoms with Gasteiger partial charge < -0.3 is 14.6 Å². The minimum atomic E-state index is -0.557. The summed E-state index contributed by atoms with van der Waals surface area (Å²) in [5.74, 6) is 1.41. The summed E-state index contributed by atoms with van der Waals surface area (Å²) in [6, 6.07) is 14.1. The van der Waals surface area contributed by atoms with Crippen molar-refractivity contribution in [1.29, 1.82) is 0 Å². The van der Waals surface area contributed by atoms with E-state index in [9.17, 15) is 9.90 Å². The van der Waals surface area contributed by atoms with Gasteiger partial charge in [0.05, 0.1) is 12.6 Å². The molecule has 0 bridgehead atoms. The zero-order valence-electron chi connectivity index (χ0n) is 15.1. The van der Waals surface area contributed by atoms with Crippen LogP contribution in [0, 0.1) is 5.92 Å². The van der Waals surface area contributed by atoms with Gasteiger partial charge in [-0.3, -0.25) is 4.90 Å². The van der Waals surface area contributed by atoms with E-state index < -0.39 is 12.2 Å². The van der Waals surface area contributed by atoms with E-state index in [4.69, 9.17) is 21.1 Å². The minimum absolute atomic E-state index is 0.0820. The average molecular weight is 398 g/mol. The Hall–Kier alpha value is -2.76. The smallest absolute Gasteiger partial charge is 0.415 e. The second-order valence-electron chi connectivity index (χ2n) is 6.73. The number of benzene rings is 2. The van der Waals surface area contributed by atoms with Crippen LogP contribution in [-0.2, 0) is 4.74 Å². The van der Waals surface area contributed by atoms with Crippen molar-refractivity contribution in [3.8, 4) is 11.5 Å². The molecule has 5 nitrogen and oxygen atoms in total. The van der Waals surface area contributed by atoms with Crippen LogP contribution in [0.3, 0.4) is 0 Å². The van der Waals surface area contributed by atoms with E-state index in [1.165, 1.54) is 0 Å². The predicted octanol–water partition coefficient (Wildman–Crippen LogP) is 4.95. The zero-order chi connectivity index (χ0) is 19.5.